The molecule has 1 aromatic heterocycles. The number of ether oxygens (including phenoxy) is 3. The third kappa shape index (κ3) is 5.16. The van der Waals surface area contributed by atoms with Crippen molar-refractivity contribution < 1.29 is 28.6 Å². The van der Waals surface area contributed by atoms with Gasteiger partial charge in [0.15, 0.2) is 11.4 Å². The molecule has 1 aromatic carbocycles. The van der Waals surface area contributed by atoms with E-state index in [2.05, 4.69) is 29.4 Å². The zero-order valence-electron chi connectivity index (χ0n) is 19.1. The predicted octanol–water partition coefficient (Wildman–Crippen LogP) is 2.93. The van der Waals surface area contributed by atoms with Crippen molar-refractivity contribution in [2.24, 2.45) is 5.92 Å². The summed E-state index contributed by atoms with van der Waals surface area (Å²) in [5.74, 6) is -1.59. The summed E-state index contributed by atoms with van der Waals surface area (Å²) in [6.07, 6.45) is 4.91. The van der Waals surface area contributed by atoms with Gasteiger partial charge in [-0.2, -0.15) is 0 Å². The van der Waals surface area contributed by atoms with Crippen LogP contribution in [0.4, 0.5) is 0 Å². The van der Waals surface area contributed by atoms with E-state index in [-0.39, 0.29) is 29.2 Å². The van der Waals surface area contributed by atoms with Crippen LogP contribution >= 0.6 is 0 Å². The molecule has 2 atom stereocenters. The predicted molar refractivity (Wildman–Crippen MR) is 119 cm³/mol. The maximum Gasteiger partial charge on any atom is 0.328 e. The molecule has 8 heteroatoms. The summed E-state index contributed by atoms with van der Waals surface area (Å²) in [6, 6.07) is 6.81. The highest BCUT2D eigenvalue weighted by Gasteiger charge is 2.34. The number of esters is 2. The van der Waals surface area contributed by atoms with Crippen molar-refractivity contribution in [3.8, 4) is 11.5 Å². The maximum atomic E-state index is 12.9. The molecule has 0 saturated heterocycles. The minimum Gasteiger partial charge on any atom is -0.493 e. The molecule has 0 bridgehead atoms. The number of pyridine rings is 1. The smallest absolute Gasteiger partial charge is 0.328 e. The molecule has 1 amide bonds. The van der Waals surface area contributed by atoms with Crippen molar-refractivity contribution >= 4 is 17.8 Å². The Bertz CT molecular complexity index is 1080. The zero-order valence-corrected chi connectivity index (χ0v) is 19.1. The number of carbonyl (C=O) groups excluding carboxylic acids is 3. The van der Waals surface area contributed by atoms with Gasteiger partial charge in [0.1, 0.15) is 12.1 Å². The normalized spacial score (nSPS) is 18.0. The van der Waals surface area contributed by atoms with E-state index >= 15 is 0 Å². The monoisotopic (exact) mass is 452 g/mol. The van der Waals surface area contributed by atoms with Gasteiger partial charge < -0.3 is 19.5 Å². The zero-order chi connectivity index (χ0) is 23.5. The van der Waals surface area contributed by atoms with Crippen LogP contribution in [0.2, 0.25) is 0 Å². The third-order valence-corrected chi connectivity index (χ3v) is 6.08. The lowest BCUT2D eigenvalue weighted by atomic mass is 9.87. The molecule has 4 rings (SSSR count). The number of hydrogen-bond acceptors (Lipinski definition) is 7. The highest BCUT2D eigenvalue weighted by Crippen LogP contribution is 2.35. The Morgan fingerprint density at radius 2 is 1.94 bits per heavy atom. The molecular weight excluding hydrogens is 424 g/mol. The number of benzene rings is 1. The summed E-state index contributed by atoms with van der Waals surface area (Å²) in [5, 5.41) is 2.60. The van der Waals surface area contributed by atoms with E-state index in [0.29, 0.717) is 6.42 Å². The Morgan fingerprint density at radius 3 is 2.67 bits per heavy atom. The first-order valence-electron chi connectivity index (χ1n) is 11.2. The molecule has 0 radical (unpaired) electrons. The summed E-state index contributed by atoms with van der Waals surface area (Å²) in [5.41, 5.74) is 3.58. The van der Waals surface area contributed by atoms with Gasteiger partial charge in [0.2, 0.25) is 5.75 Å². The van der Waals surface area contributed by atoms with Crippen LogP contribution in [0, 0.1) is 12.8 Å². The minimum absolute atomic E-state index is 0.0469. The molecule has 2 aliphatic rings. The Labute approximate surface area is 192 Å². The highest BCUT2D eigenvalue weighted by atomic mass is 16.6. The number of aromatic nitrogens is 1. The second kappa shape index (κ2) is 9.60. The molecule has 33 heavy (non-hydrogen) atoms. The first-order valence-corrected chi connectivity index (χ1v) is 11.2. The quantitative estimate of drug-likeness (QED) is 0.644. The molecule has 8 nitrogen and oxygen atoms in total. The van der Waals surface area contributed by atoms with Crippen molar-refractivity contribution in [3.05, 3.63) is 52.8 Å². The molecule has 0 spiro atoms. The number of aryl methyl sites for hydroxylation is 2. The Kier molecular flexibility index (Phi) is 6.62. The summed E-state index contributed by atoms with van der Waals surface area (Å²) >= 11 is 0. The van der Waals surface area contributed by atoms with Gasteiger partial charge in [-0.1, -0.05) is 18.2 Å². The van der Waals surface area contributed by atoms with E-state index in [1.807, 2.05) is 6.07 Å². The SMILES string of the molecule is COc1ccnc(C(=O)N[C@@H](C)C(=O)OC2CCc3cccc(C)c3C2)c1OC(=O)C1CC1. The van der Waals surface area contributed by atoms with E-state index in [9.17, 15) is 14.4 Å². The fourth-order valence-electron chi connectivity index (χ4n) is 3.98. The number of rotatable bonds is 7. The number of hydrogen-bond donors (Lipinski definition) is 1. The van der Waals surface area contributed by atoms with Crippen molar-refractivity contribution in [3.63, 3.8) is 0 Å². The second-order valence-corrected chi connectivity index (χ2v) is 8.60. The van der Waals surface area contributed by atoms with Gasteiger partial charge in [-0.15, -0.1) is 0 Å². The van der Waals surface area contributed by atoms with E-state index < -0.39 is 23.9 Å². The van der Waals surface area contributed by atoms with Crippen LogP contribution < -0.4 is 14.8 Å². The lowest BCUT2D eigenvalue weighted by Crippen LogP contribution is -2.42. The van der Waals surface area contributed by atoms with Gasteiger partial charge in [-0.25, -0.2) is 9.78 Å². The van der Waals surface area contributed by atoms with Crippen molar-refractivity contribution in [2.75, 3.05) is 7.11 Å². The molecule has 1 saturated carbocycles. The largest absolute Gasteiger partial charge is 0.493 e. The van der Waals surface area contributed by atoms with Gasteiger partial charge in [0.25, 0.3) is 5.91 Å². The van der Waals surface area contributed by atoms with Gasteiger partial charge in [0, 0.05) is 18.7 Å². The van der Waals surface area contributed by atoms with Crippen LogP contribution in [-0.2, 0) is 27.2 Å². The lowest BCUT2D eigenvalue weighted by Gasteiger charge is -2.27. The first kappa shape index (κ1) is 22.8. The number of fused-ring (bicyclic) bond motifs is 1. The van der Waals surface area contributed by atoms with E-state index in [0.717, 1.165) is 25.7 Å². The van der Waals surface area contributed by atoms with Crippen molar-refractivity contribution in [1.82, 2.24) is 10.3 Å². The van der Waals surface area contributed by atoms with Crippen LogP contribution in [0.1, 0.15) is 53.4 Å². The van der Waals surface area contributed by atoms with Crippen LogP contribution in [0.25, 0.3) is 0 Å². The molecular formula is C25H28N2O6. The summed E-state index contributed by atoms with van der Waals surface area (Å²) < 4.78 is 16.4. The second-order valence-electron chi connectivity index (χ2n) is 8.60. The standard InChI is InChI=1S/C25H28N2O6/c1-14-5-4-6-16-9-10-18(13-19(14)16)32-24(29)15(2)27-23(28)21-22(20(31-3)11-12-26-21)33-25(30)17-7-8-17/h4-6,11-12,15,17-18H,7-10,13H2,1-3H3,(H,27,28)/t15-,18?/m0/s1. The average Bonchev–Trinajstić information content (AvgIpc) is 3.65. The summed E-state index contributed by atoms with van der Waals surface area (Å²) in [7, 11) is 1.41. The highest BCUT2D eigenvalue weighted by molar-refractivity contribution is 5.98. The Hall–Kier alpha value is -3.42. The molecule has 1 fully saturated rings. The fourth-order valence-corrected chi connectivity index (χ4v) is 3.98. The Balaban J connectivity index is 1.41. The number of nitrogens with one attached hydrogen (secondary N) is 1. The van der Waals surface area contributed by atoms with Crippen LogP contribution in [0.3, 0.4) is 0 Å². The molecule has 174 valence electrons. The van der Waals surface area contributed by atoms with Crippen molar-refractivity contribution in [1.29, 1.82) is 0 Å². The van der Waals surface area contributed by atoms with E-state index in [1.54, 1.807) is 6.92 Å². The van der Waals surface area contributed by atoms with Crippen LogP contribution in [-0.4, -0.2) is 42.1 Å². The van der Waals surface area contributed by atoms with Crippen LogP contribution in [0.5, 0.6) is 11.5 Å². The molecule has 1 heterocycles. The Morgan fingerprint density at radius 1 is 1.15 bits per heavy atom. The average molecular weight is 453 g/mol. The topological polar surface area (TPSA) is 104 Å². The number of carbonyl (C=O) groups is 3. The summed E-state index contributed by atoms with van der Waals surface area (Å²) in [4.78, 5) is 41.8. The molecule has 1 N–H and O–H groups in total. The molecule has 0 aliphatic heterocycles. The molecule has 2 aromatic rings. The van der Waals surface area contributed by atoms with Gasteiger partial charge >= 0.3 is 11.9 Å². The van der Waals surface area contributed by atoms with Gasteiger partial charge in [0.05, 0.1) is 13.0 Å². The number of methoxy groups -OCH3 is 1. The van der Waals surface area contributed by atoms with E-state index in [4.69, 9.17) is 14.2 Å². The lowest BCUT2D eigenvalue weighted by molar-refractivity contribution is -0.151. The molecule has 2 aliphatic carbocycles. The third-order valence-electron chi connectivity index (χ3n) is 6.08. The minimum atomic E-state index is -0.907. The van der Waals surface area contributed by atoms with Gasteiger partial charge in [-0.05, 0) is 56.2 Å². The van der Waals surface area contributed by atoms with Crippen LogP contribution in [0.15, 0.2) is 30.5 Å². The molecule has 1 unspecified atom stereocenters. The summed E-state index contributed by atoms with van der Waals surface area (Å²) in [6.45, 7) is 3.61. The number of amides is 1. The van der Waals surface area contributed by atoms with Gasteiger partial charge in [-0.3, -0.25) is 9.59 Å². The maximum absolute atomic E-state index is 12.9. The fraction of sp³-hybridized carbons (Fsp3) is 0.440. The van der Waals surface area contributed by atoms with Crippen molar-refractivity contribution in [2.45, 2.75) is 58.1 Å². The first-order chi connectivity index (χ1) is 15.9. The number of nitrogens with zero attached hydrogens (tertiary/aromatic N) is 1. The van der Waals surface area contributed by atoms with E-state index in [1.165, 1.54) is 36.1 Å².